The van der Waals surface area contributed by atoms with Crippen LogP contribution in [0, 0.1) is 19.8 Å². The standard InChI is InChI=1S/C20H24.C2H2/c1-4-6-8-10-12-14-20-16-18(3)15-19(17-20)13-11-9-7-5-2;1-2/h4-12,14-17H,13H2,1-3H3;1-2H/b6-4-,7-5-,10-8-,11-9-,14-12+;. The van der Waals surface area contributed by atoms with E-state index in [0.29, 0.717) is 0 Å². The molecule has 0 atom stereocenters. The molecule has 0 amide bonds. The fourth-order valence-corrected chi connectivity index (χ4v) is 1.91. The summed E-state index contributed by atoms with van der Waals surface area (Å²) in [7, 11) is 0. The van der Waals surface area contributed by atoms with Crippen molar-refractivity contribution in [3.63, 3.8) is 0 Å². The molecule has 0 aromatic heterocycles. The minimum absolute atomic E-state index is 0.973. The summed E-state index contributed by atoms with van der Waals surface area (Å²) in [6.45, 7) is 6.19. The molecule has 0 radical (unpaired) electrons. The summed E-state index contributed by atoms with van der Waals surface area (Å²) in [6.07, 6.45) is 29.7. The Hall–Kier alpha value is -2.52. The highest BCUT2D eigenvalue weighted by Gasteiger charge is 1.94. The Morgan fingerprint density at radius 1 is 0.818 bits per heavy atom. The maximum Gasteiger partial charge on any atom is -0.00940 e. The first-order valence-electron chi connectivity index (χ1n) is 7.44. The van der Waals surface area contributed by atoms with Gasteiger partial charge >= 0.3 is 0 Å². The van der Waals surface area contributed by atoms with Crippen LogP contribution in [0.4, 0.5) is 0 Å². The van der Waals surface area contributed by atoms with Crippen LogP contribution >= 0.6 is 0 Å². The lowest BCUT2D eigenvalue weighted by atomic mass is 10.0. The van der Waals surface area contributed by atoms with Gasteiger partial charge in [-0.2, -0.15) is 0 Å². The molecule has 0 aliphatic rings. The summed E-state index contributed by atoms with van der Waals surface area (Å²) >= 11 is 0. The molecular formula is C22H26. The smallest absolute Gasteiger partial charge is 0.00940 e. The summed E-state index contributed by atoms with van der Waals surface area (Å²) in [6, 6.07) is 6.69. The van der Waals surface area contributed by atoms with Gasteiger partial charge in [0.1, 0.15) is 0 Å². The molecule has 0 aliphatic carbocycles. The Bertz CT molecular complexity index is 575. The van der Waals surface area contributed by atoms with Crippen LogP contribution in [0.1, 0.15) is 30.5 Å². The Morgan fingerprint density at radius 3 is 2.14 bits per heavy atom. The lowest BCUT2D eigenvalue weighted by molar-refractivity contribution is 1.24. The average molecular weight is 290 g/mol. The van der Waals surface area contributed by atoms with E-state index in [1.807, 2.05) is 44.2 Å². The number of aryl methyl sites for hydroxylation is 1. The maximum absolute atomic E-state index is 4.00. The van der Waals surface area contributed by atoms with Crippen LogP contribution in [-0.2, 0) is 6.42 Å². The van der Waals surface area contributed by atoms with Crippen molar-refractivity contribution in [3.8, 4) is 12.8 Å². The minimum Gasteiger partial charge on any atom is -0.124 e. The highest BCUT2D eigenvalue weighted by Crippen LogP contribution is 2.12. The van der Waals surface area contributed by atoms with Crippen LogP contribution in [0.5, 0.6) is 0 Å². The number of benzene rings is 1. The number of hydrogen-bond acceptors (Lipinski definition) is 0. The molecule has 22 heavy (non-hydrogen) atoms. The summed E-state index contributed by atoms with van der Waals surface area (Å²) < 4.78 is 0. The zero-order valence-electron chi connectivity index (χ0n) is 13.9. The van der Waals surface area contributed by atoms with Gasteiger partial charge in [0.25, 0.3) is 0 Å². The molecular weight excluding hydrogens is 264 g/mol. The van der Waals surface area contributed by atoms with E-state index in [0.717, 1.165) is 6.42 Å². The third-order valence-corrected chi connectivity index (χ3v) is 2.77. The van der Waals surface area contributed by atoms with Crippen molar-refractivity contribution in [1.82, 2.24) is 0 Å². The molecule has 0 fully saturated rings. The molecule has 0 aliphatic heterocycles. The van der Waals surface area contributed by atoms with Crippen molar-refractivity contribution in [2.45, 2.75) is 27.2 Å². The van der Waals surface area contributed by atoms with Crippen molar-refractivity contribution in [3.05, 3.63) is 89.6 Å². The quantitative estimate of drug-likeness (QED) is 0.441. The molecule has 0 heteroatoms. The summed E-state index contributed by atoms with van der Waals surface area (Å²) in [5.41, 5.74) is 3.91. The van der Waals surface area contributed by atoms with E-state index in [9.17, 15) is 0 Å². The third-order valence-electron chi connectivity index (χ3n) is 2.77. The van der Waals surface area contributed by atoms with Crippen LogP contribution in [-0.4, -0.2) is 0 Å². The maximum atomic E-state index is 4.00. The van der Waals surface area contributed by atoms with E-state index in [1.54, 1.807) is 0 Å². The number of hydrogen-bond donors (Lipinski definition) is 0. The van der Waals surface area contributed by atoms with Crippen LogP contribution in [0.3, 0.4) is 0 Å². The number of terminal acetylenes is 1. The van der Waals surface area contributed by atoms with E-state index in [4.69, 9.17) is 0 Å². The first-order valence-corrected chi connectivity index (χ1v) is 7.44. The number of allylic oxidation sites excluding steroid dienone is 9. The van der Waals surface area contributed by atoms with Crippen molar-refractivity contribution in [2.75, 3.05) is 0 Å². The molecule has 0 N–H and O–H groups in total. The highest BCUT2D eigenvalue weighted by atomic mass is 14.0. The molecule has 0 spiro atoms. The van der Waals surface area contributed by atoms with E-state index in [2.05, 4.69) is 68.3 Å². The summed E-state index contributed by atoms with van der Waals surface area (Å²) in [5.74, 6) is 0. The molecule has 1 rings (SSSR count). The van der Waals surface area contributed by atoms with Gasteiger partial charge in [-0.3, -0.25) is 0 Å². The van der Waals surface area contributed by atoms with Gasteiger partial charge in [-0.25, -0.2) is 0 Å². The summed E-state index contributed by atoms with van der Waals surface area (Å²) in [5, 5.41) is 0. The monoisotopic (exact) mass is 290 g/mol. The molecule has 0 saturated heterocycles. The number of rotatable bonds is 6. The predicted molar refractivity (Wildman–Crippen MR) is 102 cm³/mol. The molecule has 114 valence electrons. The fourth-order valence-electron chi connectivity index (χ4n) is 1.91. The van der Waals surface area contributed by atoms with Gasteiger partial charge in [0.15, 0.2) is 0 Å². The fraction of sp³-hybridized carbons (Fsp3) is 0.182. The zero-order chi connectivity index (χ0) is 16.6. The van der Waals surface area contributed by atoms with Crippen molar-refractivity contribution >= 4 is 6.08 Å². The van der Waals surface area contributed by atoms with Gasteiger partial charge in [0.2, 0.25) is 0 Å². The van der Waals surface area contributed by atoms with E-state index in [-0.39, 0.29) is 0 Å². The minimum atomic E-state index is 0.973. The predicted octanol–water partition coefficient (Wildman–Crippen LogP) is 6.06. The molecule has 0 heterocycles. The summed E-state index contributed by atoms with van der Waals surface area (Å²) in [4.78, 5) is 0. The first-order chi connectivity index (χ1) is 10.8. The Balaban J connectivity index is 0.00000211. The lowest BCUT2D eigenvalue weighted by Gasteiger charge is -2.02. The Morgan fingerprint density at radius 2 is 1.45 bits per heavy atom. The van der Waals surface area contributed by atoms with E-state index >= 15 is 0 Å². The van der Waals surface area contributed by atoms with Gasteiger partial charge in [0.05, 0.1) is 0 Å². The van der Waals surface area contributed by atoms with Crippen LogP contribution in [0.15, 0.2) is 72.9 Å². The molecule has 1 aromatic carbocycles. The molecule has 0 nitrogen and oxygen atoms in total. The zero-order valence-corrected chi connectivity index (χ0v) is 13.9. The lowest BCUT2D eigenvalue weighted by Crippen LogP contribution is -1.85. The van der Waals surface area contributed by atoms with Gasteiger partial charge in [-0.1, -0.05) is 84.5 Å². The van der Waals surface area contributed by atoms with Gasteiger partial charge in [-0.15, -0.1) is 12.8 Å². The largest absolute Gasteiger partial charge is 0.124 e. The second-order valence-electron chi connectivity index (χ2n) is 4.68. The molecule has 0 unspecified atom stereocenters. The van der Waals surface area contributed by atoms with Gasteiger partial charge in [-0.05, 0) is 38.3 Å². The first kappa shape index (κ1) is 19.5. The Labute approximate surface area is 136 Å². The van der Waals surface area contributed by atoms with Crippen molar-refractivity contribution < 1.29 is 0 Å². The van der Waals surface area contributed by atoms with E-state index < -0.39 is 0 Å². The van der Waals surface area contributed by atoms with Crippen LogP contribution in [0.2, 0.25) is 0 Å². The normalized spacial score (nSPS) is 11.9. The van der Waals surface area contributed by atoms with Gasteiger partial charge in [0, 0.05) is 0 Å². The molecule has 0 saturated carbocycles. The van der Waals surface area contributed by atoms with Crippen LogP contribution < -0.4 is 0 Å². The third kappa shape index (κ3) is 9.39. The topological polar surface area (TPSA) is 0 Å². The molecule has 0 bridgehead atoms. The molecule has 1 aromatic rings. The average Bonchev–Trinajstić information content (AvgIpc) is 2.53. The second kappa shape index (κ2) is 13.5. The SMILES string of the molecule is C#C.C\C=C/C=C\C=C\c1cc(C)cc(C/C=C\C=C/C)c1. The van der Waals surface area contributed by atoms with Crippen molar-refractivity contribution in [1.29, 1.82) is 0 Å². The second-order valence-corrected chi connectivity index (χ2v) is 4.68. The van der Waals surface area contributed by atoms with E-state index in [1.165, 1.54) is 16.7 Å². The Kier molecular flexibility index (Phi) is 11.9. The van der Waals surface area contributed by atoms with Gasteiger partial charge < -0.3 is 0 Å². The van der Waals surface area contributed by atoms with Crippen molar-refractivity contribution in [2.24, 2.45) is 0 Å². The highest BCUT2D eigenvalue weighted by molar-refractivity contribution is 5.53. The van der Waals surface area contributed by atoms with Crippen LogP contribution in [0.25, 0.3) is 6.08 Å².